The van der Waals surface area contributed by atoms with Crippen LogP contribution in [0.15, 0.2) is 24.4 Å². The van der Waals surface area contributed by atoms with E-state index in [1.54, 1.807) is 18.3 Å². The van der Waals surface area contributed by atoms with E-state index in [9.17, 15) is 4.79 Å². The van der Waals surface area contributed by atoms with Gasteiger partial charge < -0.3 is 5.32 Å². The summed E-state index contributed by atoms with van der Waals surface area (Å²) in [5.41, 5.74) is 1.90. The molecule has 1 aromatic carbocycles. The highest BCUT2D eigenvalue weighted by molar-refractivity contribution is 6.35. The van der Waals surface area contributed by atoms with Crippen LogP contribution in [0.5, 0.6) is 0 Å². The van der Waals surface area contributed by atoms with E-state index < -0.39 is 0 Å². The van der Waals surface area contributed by atoms with Crippen LogP contribution in [0.3, 0.4) is 0 Å². The predicted octanol–water partition coefficient (Wildman–Crippen LogP) is 3.85. The van der Waals surface area contributed by atoms with Crippen LogP contribution >= 0.6 is 23.2 Å². The quantitative estimate of drug-likeness (QED) is 0.881. The van der Waals surface area contributed by atoms with Crippen LogP contribution in [0.4, 0.5) is 5.82 Å². The molecule has 0 radical (unpaired) electrons. The number of aromatic nitrogens is 2. The van der Waals surface area contributed by atoms with Crippen molar-refractivity contribution in [3.63, 3.8) is 0 Å². The monoisotopic (exact) mass is 311 g/mol. The van der Waals surface area contributed by atoms with Gasteiger partial charge in [-0.25, -0.2) is 0 Å². The highest BCUT2D eigenvalue weighted by Gasteiger charge is 2.09. The summed E-state index contributed by atoms with van der Waals surface area (Å²) < 4.78 is 0. The number of aromatic amines is 1. The maximum Gasteiger partial charge on any atom is 0.225 e. The molecule has 1 aromatic heterocycles. The third-order valence-corrected chi connectivity index (χ3v) is 3.59. The van der Waals surface area contributed by atoms with Crippen LogP contribution < -0.4 is 5.32 Å². The second-order valence-corrected chi connectivity index (χ2v) is 5.25. The van der Waals surface area contributed by atoms with Gasteiger partial charge in [-0.1, -0.05) is 36.2 Å². The van der Waals surface area contributed by atoms with E-state index in [1.165, 1.54) is 0 Å². The van der Waals surface area contributed by atoms with Gasteiger partial charge in [-0.15, -0.1) is 0 Å². The number of aryl methyl sites for hydroxylation is 2. The number of hydrogen-bond acceptors (Lipinski definition) is 2. The second-order valence-electron chi connectivity index (χ2n) is 4.41. The molecule has 0 aliphatic heterocycles. The Hall–Kier alpha value is -1.52. The smallest absolute Gasteiger partial charge is 0.225 e. The number of nitrogens with one attached hydrogen (secondary N) is 2. The van der Waals surface area contributed by atoms with Crippen LogP contribution in [-0.4, -0.2) is 16.1 Å². The van der Waals surface area contributed by atoms with Crippen LogP contribution in [0.2, 0.25) is 10.0 Å². The molecule has 0 unspecified atom stereocenters. The minimum absolute atomic E-state index is 0.0741. The van der Waals surface area contributed by atoms with Gasteiger partial charge in [0.2, 0.25) is 5.91 Å². The van der Waals surface area contributed by atoms with Gasteiger partial charge in [0.05, 0.1) is 6.20 Å². The van der Waals surface area contributed by atoms with Gasteiger partial charge in [0, 0.05) is 22.0 Å². The fourth-order valence-corrected chi connectivity index (χ4v) is 2.36. The minimum Gasteiger partial charge on any atom is -0.311 e. The SMILES string of the molecule is CCc1cn[nH]c1NC(=O)CCc1ccc(Cl)cc1Cl. The number of halogens is 2. The summed E-state index contributed by atoms with van der Waals surface area (Å²) in [4.78, 5) is 11.9. The number of hydrogen-bond donors (Lipinski definition) is 2. The molecule has 2 aromatic rings. The van der Waals surface area contributed by atoms with Crippen molar-refractivity contribution in [1.29, 1.82) is 0 Å². The van der Waals surface area contributed by atoms with Crippen molar-refractivity contribution in [2.75, 3.05) is 5.32 Å². The fraction of sp³-hybridized carbons (Fsp3) is 0.286. The number of benzene rings is 1. The molecule has 2 N–H and O–H groups in total. The molecule has 0 aliphatic rings. The van der Waals surface area contributed by atoms with Gasteiger partial charge in [0.25, 0.3) is 0 Å². The summed E-state index contributed by atoms with van der Waals surface area (Å²) in [7, 11) is 0. The van der Waals surface area contributed by atoms with Crippen molar-refractivity contribution in [2.45, 2.75) is 26.2 Å². The fourth-order valence-electron chi connectivity index (χ4n) is 1.86. The lowest BCUT2D eigenvalue weighted by molar-refractivity contribution is -0.116. The number of H-pyrrole nitrogens is 1. The largest absolute Gasteiger partial charge is 0.311 e. The molecular formula is C14H15Cl2N3O. The second kappa shape index (κ2) is 6.77. The number of carbonyl (C=O) groups excluding carboxylic acids is 1. The lowest BCUT2D eigenvalue weighted by atomic mass is 10.1. The molecule has 1 amide bonds. The first-order valence-electron chi connectivity index (χ1n) is 6.36. The summed E-state index contributed by atoms with van der Waals surface area (Å²) in [6.07, 6.45) is 3.45. The zero-order chi connectivity index (χ0) is 14.5. The third-order valence-electron chi connectivity index (χ3n) is 3.00. The van der Waals surface area contributed by atoms with E-state index in [4.69, 9.17) is 23.2 Å². The first-order chi connectivity index (χ1) is 9.60. The van der Waals surface area contributed by atoms with Crippen molar-refractivity contribution >= 4 is 34.9 Å². The number of nitrogens with zero attached hydrogens (tertiary/aromatic N) is 1. The lowest BCUT2D eigenvalue weighted by Crippen LogP contribution is -2.13. The van der Waals surface area contributed by atoms with Crippen LogP contribution in [-0.2, 0) is 17.6 Å². The molecule has 0 atom stereocenters. The van der Waals surface area contributed by atoms with E-state index in [1.807, 2.05) is 13.0 Å². The van der Waals surface area contributed by atoms with Crippen LogP contribution in [0.1, 0.15) is 24.5 Å². The molecule has 106 valence electrons. The van der Waals surface area contributed by atoms with E-state index in [0.717, 1.165) is 17.5 Å². The number of rotatable bonds is 5. The highest BCUT2D eigenvalue weighted by atomic mass is 35.5. The Bertz CT molecular complexity index is 610. The minimum atomic E-state index is -0.0741. The van der Waals surface area contributed by atoms with Gasteiger partial charge in [0.15, 0.2) is 0 Å². The average molecular weight is 312 g/mol. The third kappa shape index (κ3) is 3.74. The van der Waals surface area contributed by atoms with Crippen molar-refractivity contribution in [2.24, 2.45) is 0 Å². The van der Waals surface area contributed by atoms with Crippen LogP contribution in [0.25, 0.3) is 0 Å². The number of carbonyl (C=O) groups is 1. The summed E-state index contributed by atoms with van der Waals surface area (Å²) in [5, 5.41) is 10.7. The molecule has 0 fully saturated rings. The summed E-state index contributed by atoms with van der Waals surface area (Å²) in [6.45, 7) is 2.01. The van der Waals surface area contributed by atoms with E-state index in [0.29, 0.717) is 28.7 Å². The van der Waals surface area contributed by atoms with Gasteiger partial charge in [-0.3, -0.25) is 9.89 Å². The zero-order valence-corrected chi connectivity index (χ0v) is 12.6. The van der Waals surface area contributed by atoms with Crippen molar-refractivity contribution in [3.8, 4) is 0 Å². The van der Waals surface area contributed by atoms with E-state index in [-0.39, 0.29) is 5.91 Å². The molecular weight excluding hydrogens is 297 g/mol. The molecule has 0 saturated heterocycles. The maximum absolute atomic E-state index is 11.9. The summed E-state index contributed by atoms with van der Waals surface area (Å²) >= 11 is 11.9. The predicted molar refractivity (Wildman–Crippen MR) is 81.4 cm³/mol. The Kier molecular flexibility index (Phi) is 5.04. The van der Waals surface area contributed by atoms with Gasteiger partial charge >= 0.3 is 0 Å². The molecule has 0 spiro atoms. The first-order valence-corrected chi connectivity index (χ1v) is 7.11. The van der Waals surface area contributed by atoms with Crippen molar-refractivity contribution < 1.29 is 4.79 Å². The molecule has 6 heteroatoms. The molecule has 2 rings (SSSR count). The topological polar surface area (TPSA) is 57.8 Å². The maximum atomic E-state index is 11.9. The first kappa shape index (κ1) is 14.9. The zero-order valence-electron chi connectivity index (χ0n) is 11.0. The molecule has 0 aliphatic carbocycles. The van der Waals surface area contributed by atoms with Crippen LogP contribution in [0, 0.1) is 0 Å². The molecule has 0 saturated carbocycles. The summed E-state index contributed by atoms with van der Waals surface area (Å²) in [5.74, 6) is 0.592. The standard InChI is InChI=1S/C14H15Cl2N3O/c1-2-9-8-17-19-14(9)18-13(20)6-4-10-3-5-11(15)7-12(10)16/h3,5,7-8H,2,4,6H2,1H3,(H2,17,18,19,20). The van der Waals surface area contributed by atoms with Gasteiger partial charge in [0.1, 0.15) is 5.82 Å². The molecule has 4 nitrogen and oxygen atoms in total. The molecule has 20 heavy (non-hydrogen) atoms. The normalized spacial score (nSPS) is 10.6. The number of amides is 1. The van der Waals surface area contributed by atoms with Gasteiger partial charge in [-0.05, 0) is 30.5 Å². The Morgan fingerprint density at radius 2 is 2.15 bits per heavy atom. The Morgan fingerprint density at radius 1 is 1.35 bits per heavy atom. The van der Waals surface area contributed by atoms with Crippen molar-refractivity contribution in [3.05, 3.63) is 45.6 Å². The average Bonchev–Trinajstić information content (AvgIpc) is 2.85. The van der Waals surface area contributed by atoms with E-state index in [2.05, 4.69) is 15.5 Å². The van der Waals surface area contributed by atoms with Crippen molar-refractivity contribution in [1.82, 2.24) is 10.2 Å². The Morgan fingerprint density at radius 3 is 2.85 bits per heavy atom. The molecule has 0 bridgehead atoms. The number of anilines is 1. The molecule has 1 heterocycles. The highest BCUT2D eigenvalue weighted by Crippen LogP contribution is 2.22. The Balaban J connectivity index is 1.92. The summed E-state index contributed by atoms with van der Waals surface area (Å²) in [6, 6.07) is 5.29. The van der Waals surface area contributed by atoms with E-state index >= 15 is 0 Å². The Labute approximate surface area is 127 Å². The van der Waals surface area contributed by atoms with Gasteiger partial charge in [-0.2, -0.15) is 5.10 Å². The lowest BCUT2D eigenvalue weighted by Gasteiger charge is -2.06.